The number of rotatable bonds is 5. The molecule has 2 amide bonds. The monoisotopic (exact) mass is 334 g/mol. The number of fused-ring (bicyclic) bond motifs is 1. The van der Waals surface area contributed by atoms with Crippen molar-refractivity contribution in [3.63, 3.8) is 0 Å². The van der Waals surface area contributed by atoms with Crippen molar-refractivity contribution in [2.24, 2.45) is 0 Å². The number of carbonyl (C=O) groups is 1. The highest BCUT2D eigenvalue weighted by atomic mass is 32.1. The molecule has 0 aliphatic carbocycles. The van der Waals surface area contributed by atoms with E-state index in [0.29, 0.717) is 36.9 Å². The van der Waals surface area contributed by atoms with E-state index in [0.717, 1.165) is 13.0 Å². The van der Waals surface area contributed by atoms with Crippen LogP contribution in [0.1, 0.15) is 6.42 Å². The van der Waals surface area contributed by atoms with Crippen LogP contribution in [-0.4, -0.2) is 39.6 Å². The molecule has 122 valence electrons. The number of imidazole rings is 1. The molecule has 1 aromatic heterocycles. The number of nitrogens with zero attached hydrogens (tertiary/aromatic N) is 3. The van der Waals surface area contributed by atoms with Crippen LogP contribution in [-0.2, 0) is 6.54 Å². The van der Waals surface area contributed by atoms with Crippen LogP contribution in [0.25, 0.3) is 0 Å². The van der Waals surface area contributed by atoms with E-state index in [1.807, 2.05) is 10.8 Å². The molecular weight excluding hydrogens is 316 g/mol. The predicted molar refractivity (Wildman–Crippen MR) is 89.0 cm³/mol. The Hall–Kier alpha value is -2.35. The summed E-state index contributed by atoms with van der Waals surface area (Å²) in [6.45, 7) is 2.36. The fourth-order valence-electron chi connectivity index (χ4n) is 2.23. The zero-order chi connectivity index (χ0) is 16.1. The highest BCUT2D eigenvalue weighted by Crippen LogP contribution is 2.32. The summed E-state index contributed by atoms with van der Waals surface area (Å²) in [5.41, 5.74) is 0.646. The molecule has 2 heterocycles. The predicted octanol–water partition coefficient (Wildman–Crippen LogP) is 2.42. The smallest absolute Gasteiger partial charge is 0.331 e. The van der Waals surface area contributed by atoms with Crippen molar-refractivity contribution in [3.8, 4) is 11.5 Å². The highest BCUT2D eigenvalue weighted by Gasteiger charge is 2.14. The van der Waals surface area contributed by atoms with E-state index in [-0.39, 0.29) is 6.03 Å². The van der Waals surface area contributed by atoms with Crippen LogP contribution in [0.15, 0.2) is 36.9 Å². The van der Waals surface area contributed by atoms with Gasteiger partial charge in [-0.3, -0.25) is 4.31 Å². The van der Waals surface area contributed by atoms with Crippen LogP contribution in [0.2, 0.25) is 0 Å². The molecule has 3 rings (SSSR count). The summed E-state index contributed by atoms with van der Waals surface area (Å²) in [6.07, 6.45) is 6.15. The van der Waals surface area contributed by atoms with Crippen LogP contribution >= 0.6 is 12.8 Å². The summed E-state index contributed by atoms with van der Waals surface area (Å²) in [4.78, 5) is 16.1. The Kier molecular flexibility index (Phi) is 4.92. The lowest BCUT2D eigenvalue weighted by molar-refractivity contribution is 0.171. The molecule has 0 bridgehead atoms. The fraction of sp³-hybridized carbons (Fsp3) is 0.333. The molecule has 8 heteroatoms. The molecule has 2 aromatic rings. The van der Waals surface area contributed by atoms with Crippen LogP contribution in [0.3, 0.4) is 0 Å². The minimum absolute atomic E-state index is 0.282. The molecule has 0 unspecified atom stereocenters. The first-order chi connectivity index (χ1) is 11.2. The summed E-state index contributed by atoms with van der Waals surface area (Å²) >= 11 is 4.23. The maximum absolute atomic E-state index is 12.1. The minimum atomic E-state index is -0.282. The van der Waals surface area contributed by atoms with Crippen LogP contribution in [0.4, 0.5) is 10.5 Å². The van der Waals surface area contributed by atoms with Crippen molar-refractivity contribution in [1.29, 1.82) is 0 Å². The third-order valence-electron chi connectivity index (χ3n) is 3.37. The van der Waals surface area contributed by atoms with Gasteiger partial charge in [-0.15, -0.1) is 0 Å². The molecule has 0 spiro atoms. The molecule has 0 saturated heterocycles. The quantitative estimate of drug-likeness (QED) is 0.824. The van der Waals surface area contributed by atoms with Gasteiger partial charge in [0.25, 0.3) is 0 Å². The molecule has 1 aromatic carbocycles. The lowest BCUT2D eigenvalue weighted by atomic mass is 10.2. The van der Waals surface area contributed by atoms with E-state index < -0.39 is 0 Å². The Morgan fingerprint density at radius 2 is 2.17 bits per heavy atom. The van der Waals surface area contributed by atoms with Crippen molar-refractivity contribution in [3.05, 3.63) is 36.9 Å². The Morgan fingerprint density at radius 1 is 1.35 bits per heavy atom. The normalized spacial score (nSPS) is 12.7. The number of nitrogens with one attached hydrogen (secondary N) is 1. The molecular formula is C15H18N4O3S. The third kappa shape index (κ3) is 4.10. The lowest BCUT2D eigenvalue weighted by Crippen LogP contribution is -2.28. The van der Waals surface area contributed by atoms with E-state index in [1.165, 1.54) is 4.31 Å². The van der Waals surface area contributed by atoms with Gasteiger partial charge in [0, 0.05) is 37.2 Å². The van der Waals surface area contributed by atoms with Crippen LogP contribution in [0.5, 0.6) is 11.5 Å². The number of amides is 2. The Morgan fingerprint density at radius 3 is 2.96 bits per heavy atom. The van der Waals surface area contributed by atoms with Gasteiger partial charge in [0.1, 0.15) is 13.2 Å². The van der Waals surface area contributed by atoms with Crippen molar-refractivity contribution < 1.29 is 14.3 Å². The van der Waals surface area contributed by atoms with Gasteiger partial charge in [0.2, 0.25) is 0 Å². The molecule has 0 saturated carbocycles. The summed E-state index contributed by atoms with van der Waals surface area (Å²) in [6, 6.07) is 5.03. The van der Waals surface area contributed by atoms with Gasteiger partial charge in [-0.2, -0.15) is 0 Å². The summed E-state index contributed by atoms with van der Waals surface area (Å²) in [5, 5.41) is 2.79. The maximum Gasteiger partial charge on any atom is 0.331 e. The second-order valence-electron chi connectivity index (χ2n) is 5.07. The van der Waals surface area contributed by atoms with Gasteiger partial charge < -0.3 is 19.4 Å². The van der Waals surface area contributed by atoms with E-state index in [9.17, 15) is 4.79 Å². The largest absolute Gasteiger partial charge is 0.486 e. The number of aryl methyl sites for hydroxylation is 1. The van der Waals surface area contributed by atoms with Crippen LogP contribution in [0, 0.1) is 0 Å². The van der Waals surface area contributed by atoms with Gasteiger partial charge in [-0.05, 0) is 18.6 Å². The Bertz CT molecular complexity index is 663. The summed E-state index contributed by atoms with van der Waals surface area (Å²) in [5.74, 6) is 1.33. The molecule has 0 radical (unpaired) electrons. The van der Waals surface area contributed by atoms with Crippen LogP contribution < -0.4 is 14.8 Å². The molecule has 0 atom stereocenters. The second-order valence-corrected chi connectivity index (χ2v) is 5.55. The van der Waals surface area contributed by atoms with Crippen molar-refractivity contribution in [2.75, 3.05) is 25.1 Å². The number of hydrogen-bond donors (Lipinski definition) is 2. The van der Waals surface area contributed by atoms with Gasteiger partial charge in [0.15, 0.2) is 11.5 Å². The van der Waals surface area contributed by atoms with Gasteiger partial charge in [-0.1, -0.05) is 12.8 Å². The second kappa shape index (κ2) is 7.28. The SMILES string of the molecule is O=C(Nc1ccc2c(c1)OCCO2)N(S)CCCn1ccnc1. The minimum Gasteiger partial charge on any atom is -0.486 e. The number of benzene rings is 1. The number of hydrogen-bond acceptors (Lipinski definition) is 5. The summed E-state index contributed by atoms with van der Waals surface area (Å²) in [7, 11) is 0. The first-order valence-electron chi connectivity index (χ1n) is 7.35. The Labute approximate surface area is 139 Å². The zero-order valence-corrected chi connectivity index (χ0v) is 13.4. The lowest BCUT2D eigenvalue weighted by Gasteiger charge is -2.20. The fourth-order valence-corrected chi connectivity index (χ4v) is 2.42. The number of carbonyl (C=O) groups excluding carboxylic acids is 1. The average molecular weight is 334 g/mol. The first-order valence-corrected chi connectivity index (χ1v) is 7.75. The average Bonchev–Trinajstić information content (AvgIpc) is 3.08. The molecule has 1 N–H and O–H groups in total. The highest BCUT2D eigenvalue weighted by molar-refractivity contribution is 7.78. The number of thiol groups is 1. The standard InChI is InChI=1S/C15H18N4O3S/c20-15(19(23)6-1-5-18-7-4-16-11-18)17-12-2-3-13-14(10-12)22-9-8-21-13/h2-4,7,10-11,23H,1,5-6,8-9H2,(H,17,20). The topological polar surface area (TPSA) is 68.6 Å². The molecule has 1 aliphatic rings. The Balaban J connectivity index is 1.49. The number of anilines is 1. The maximum atomic E-state index is 12.1. The van der Waals surface area contributed by atoms with Gasteiger partial charge in [-0.25, -0.2) is 9.78 Å². The van der Waals surface area contributed by atoms with E-state index in [4.69, 9.17) is 9.47 Å². The first kappa shape index (κ1) is 15.5. The van der Waals surface area contributed by atoms with Crippen molar-refractivity contribution in [1.82, 2.24) is 13.9 Å². The number of urea groups is 1. The zero-order valence-electron chi connectivity index (χ0n) is 12.5. The van der Waals surface area contributed by atoms with E-state index >= 15 is 0 Å². The number of ether oxygens (including phenoxy) is 2. The third-order valence-corrected chi connectivity index (χ3v) is 3.75. The van der Waals surface area contributed by atoms with Crippen molar-refractivity contribution in [2.45, 2.75) is 13.0 Å². The van der Waals surface area contributed by atoms with E-state index in [2.05, 4.69) is 23.1 Å². The summed E-state index contributed by atoms with van der Waals surface area (Å²) < 4.78 is 14.3. The molecule has 1 aliphatic heterocycles. The van der Waals surface area contributed by atoms with Gasteiger partial charge in [0.05, 0.1) is 6.33 Å². The molecule has 0 fully saturated rings. The van der Waals surface area contributed by atoms with E-state index in [1.54, 1.807) is 30.7 Å². The van der Waals surface area contributed by atoms with Crippen molar-refractivity contribution >= 4 is 24.5 Å². The molecule has 23 heavy (non-hydrogen) atoms. The number of aromatic nitrogens is 2. The van der Waals surface area contributed by atoms with Gasteiger partial charge >= 0.3 is 6.03 Å². The molecule has 7 nitrogen and oxygen atoms in total.